The Morgan fingerprint density at radius 1 is 0.651 bits per heavy atom. The highest BCUT2D eigenvalue weighted by molar-refractivity contribution is 7.47. The summed E-state index contributed by atoms with van der Waals surface area (Å²) in [5, 5.41) is 40.6. The summed E-state index contributed by atoms with van der Waals surface area (Å²) in [6.45, 7) is 2.77. The van der Waals surface area contributed by atoms with Gasteiger partial charge in [0.25, 0.3) is 0 Å². The largest absolute Gasteiger partial charge is 0.472 e. The van der Waals surface area contributed by atoms with Crippen molar-refractivity contribution in [2.75, 3.05) is 13.2 Å². The number of phosphoric acid groups is 2. The molecule has 0 aromatic rings. The minimum atomic E-state index is -5.34. The number of hydrogen-bond donors (Lipinski definition) is 7. The minimum Gasteiger partial charge on any atom is -0.462 e. The number of carbonyl (C=O) groups is 2. The Balaban J connectivity index is 2.84. The molecule has 1 aliphatic rings. The molecule has 0 aromatic carbocycles. The summed E-state index contributed by atoms with van der Waals surface area (Å²) in [4.78, 5) is 52.8. The fraction of sp³-hybridized carbons (Fsp3) is 0.920. The lowest BCUT2D eigenvalue weighted by Gasteiger charge is -2.43. The maximum absolute atomic E-state index is 12.7. The molecule has 7 N–H and O–H groups in total. The van der Waals surface area contributed by atoms with E-state index in [4.69, 9.17) is 28.3 Å². The normalized spacial score (nSPS) is 26.4. The Morgan fingerprint density at radius 2 is 1.14 bits per heavy atom. The van der Waals surface area contributed by atoms with Gasteiger partial charge in [0.05, 0.1) is 6.61 Å². The first-order valence-corrected chi connectivity index (χ1v) is 17.6. The van der Waals surface area contributed by atoms with Gasteiger partial charge in [-0.15, -0.1) is 0 Å². The van der Waals surface area contributed by atoms with Crippen molar-refractivity contribution in [1.82, 2.24) is 0 Å². The topological polar surface area (TPSA) is 256 Å². The third kappa shape index (κ3) is 16.2. The molecular formula is C25H48O16P2. The van der Waals surface area contributed by atoms with Crippen molar-refractivity contribution in [3.63, 3.8) is 0 Å². The monoisotopic (exact) mass is 666 g/mol. The third-order valence-corrected chi connectivity index (χ3v) is 8.18. The van der Waals surface area contributed by atoms with Gasteiger partial charge in [0.2, 0.25) is 0 Å². The molecule has 16 nitrogen and oxygen atoms in total. The molecule has 18 heteroatoms. The van der Waals surface area contributed by atoms with Crippen LogP contribution in [0.2, 0.25) is 0 Å². The Morgan fingerprint density at radius 3 is 1.65 bits per heavy atom. The predicted molar refractivity (Wildman–Crippen MR) is 149 cm³/mol. The average Bonchev–Trinajstić information content (AvgIpc) is 2.93. The SMILES string of the molecule is CCCCCCCC(=O)OC[C@@H](COP(=O)(O)O[C@@H]1[C@H](O)[C@H](OP(=O)(O)O)[C@@H](O)[C@H](O)[C@H]1O)OC(=O)CCCCCCC. The zero-order valence-electron chi connectivity index (χ0n) is 24.6. The molecule has 1 rings (SSSR count). The molecule has 254 valence electrons. The van der Waals surface area contributed by atoms with Crippen molar-refractivity contribution in [3.05, 3.63) is 0 Å². The fourth-order valence-corrected chi connectivity index (χ4v) is 5.86. The molecule has 0 saturated heterocycles. The van der Waals surface area contributed by atoms with Crippen LogP contribution in [0.3, 0.4) is 0 Å². The summed E-state index contributed by atoms with van der Waals surface area (Å²) in [5.74, 6) is -1.24. The first kappa shape index (κ1) is 40.0. The average molecular weight is 667 g/mol. The molecule has 8 atom stereocenters. The Labute approximate surface area is 251 Å². The van der Waals surface area contributed by atoms with Crippen molar-refractivity contribution < 1.29 is 76.9 Å². The van der Waals surface area contributed by atoms with Gasteiger partial charge in [0.15, 0.2) is 6.10 Å². The van der Waals surface area contributed by atoms with Gasteiger partial charge in [-0.3, -0.25) is 23.2 Å². The zero-order valence-corrected chi connectivity index (χ0v) is 26.4. The van der Waals surface area contributed by atoms with E-state index in [0.29, 0.717) is 12.8 Å². The Kier molecular flexibility index (Phi) is 18.8. The van der Waals surface area contributed by atoms with Gasteiger partial charge < -0.3 is 44.6 Å². The van der Waals surface area contributed by atoms with Crippen molar-refractivity contribution in [2.45, 2.75) is 134 Å². The first-order valence-electron chi connectivity index (χ1n) is 14.6. The second-order valence-corrected chi connectivity index (χ2v) is 13.1. The molecule has 1 fully saturated rings. The summed E-state index contributed by atoms with van der Waals surface area (Å²) in [7, 11) is -10.6. The number of ether oxygens (including phenoxy) is 2. The molecule has 1 unspecified atom stereocenters. The fourth-order valence-electron chi connectivity index (χ4n) is 4.32. The molecule has 0 aliphatic heterocycles. The van der Waals surface area contributed by atoms with Crippen LogP contribution in [0.4, 0.5) is 0 Å². The summed E-state index contributed by atoms with van der Waals surface area (Å²) in [6.07, 6.45) is -5.81. The lowest BCUT2D eigenvalue weighted by atomic mass is 9.85. The van der Waals surface area contributed by atoms with Gasteiger partial charge in [0.1, 0.15) is 43.2 Å². The van der Waals surface area contributed by atoms with E-state index in [1.165, 1.54) is 0 Å². The van der Waals surface area contributed by atoms with Gasteiger partial charge in [-0.05, 0) is 12.8 Å². The van der Waals surface area contributed by atoms with Gasteiger partial charge in [0, 0.05) is 12.8 Å². The summed E-state index contributed by atoms with van der Waals surface area (Å²) in [5.41, 5.74) is 0. The standard InChI is InChI=1S/C25H48O16P2/c1-3-5-7-9-11-13-18(26)37-15-17(39-19(27)14-12-10-8-6-4-2)16-38-43(35,36)41-25-22(30)20(28)21(29)24(23(25)31)40-42(32,33)34/h17,20-25,28-31H,3-16H2,1-2H3,(H,35,36)(H2,32,33,34)/t17-,20-,21-,22+,23+,24+,25-/m0/s1. The van der Waals surface area contributed by atoms with Crippen LogP contribution >= 0.6 is 15.6 Å². The Bertz CT molecular complexity index is 914. The van der Waals surface area contributed by atoms with Gasteiger partial charge in [-0.25, -0.2) is 9.13 Å². The minimum absolute atomic E-state index is 0.0422. The molecule has 0 bridgehead atoms. The van der Waals surface area contributed by atoms with E-state index in [0.717, 1.165) is 51.4 Å². The van der Waals surface area contributed by atoms with Crippen molar-refractivity contribution >= 4 is 27.6 Å². The van der Waals surface area contributed by atoms with Crippen LogP contribution in [0.25, 0.3) is 0 Å². The van der Waals surface area contributed by atoms with E-state index in [1.807, 2.05) is 6.92 Å². The number of carbonyl (C=O) groups excluding carboxylic acids is 2. The van der Waals surface area contributed by atoms with E-state index < -0.39 is 83.5 Å². The number of unbranched alkanes of at least 4 members (excludes halogenated alkanes) is 8. The highest BCUT2D eigenvalue weighted by atomic mass is 31.2. The maximum Gasteiger partial charge on any atom is 0.472 e. The van der Waals surface area contributed by atoms with E-state index in [9.17, 15) is 44.0 Å². The highest BCUT2D eigenvalue weighted by Gasteiger charge is 2.54. The van der Waals surface area contributed by atoms with Crippen LogP contribution in [-0.2, 0) is 41.8 Å². The molecule has 1 aliphatic carbocycles. The van der Waals surface area contributed by atoms with Crippen LogP contribution in [-0.4, -0.2) is 103 Å². The number of rotatable bonds is 22. The third-order valence-electron chi connectivity index (χ3n) is 6.68. The van der Waals surface area contributed by atoms with Crippen molar-refractivity contribution in [2.24, 2.45) is 0 Å². The molecule has 0 spiro atoms. The summed E-state index contributed by atoms with van der Waals surface area (Å²) < 4.78 is 48.3. The lowest BCUT2D eigenvalue weighted by molar-refractivity contribution is -0.216. The molecule has 0 aromatic heterocycles. The van der Waals surface area contributed by atoms with Crippen molar-refractivity contribution in [3.8, 4) is 0 Å². The van der Waals surface area contributed by atoms with Crippen LogP contribution in [0, 0.1) is 0 Å². The van der Waals surface area contributed by atoms with Crippen LogP contribution in [0.5, 0.6) is 0 Å². The van der Waals surface area contributed by atoms with E-state index in [1.54, 1.807) is 0 Å². The first-order chi connectivity index (χ1) is 20.1. The second kappa shape index (κ2) is 20.2. The summed E-state index contributed by atoms with van der Waals surface area (Å²) >= 11 is 0. The van der Waals surface area contributed by atoms with E-state index in [-0.39, 0.29) is 12.8 Å². The van der Waals surface area contributed by atoms with E-state index >= 15 is 0 Å². The molecule has 1 saturated carbocycles. The molecule has 0 heterocycles. The van der Waals surface area contributed by atoms with Gasteiger partial charge in [-0.2, -0.15) is 0 Å². The number of hydrogen-bond acceptors (Lipinski definition) is 13. The number of esters is 2. The molecular weight excluding hydrogens is 618 g/mol. The summed E-state index contributed by atoms with van der Waals surface area (Å²) in [6, 6.07) is 0. The van der Waals surface area contributed by atoms with Crippen LogP contribution in [0.1, 0.15) is 90.9 Å². The predicted octanol–water partition coefficient (Wildman–Crippen LogP) is 1.60. The zero-order chi connectivity index (χ0) is 32.6. The van der Waals surface area contributed by atoms with Crippen LogP contribution in [0.15, 0.2) is 0 Å². The van der Waals surface area contributed by atoms with Gasteiger partial charge in [-0.1, -0.05) is 65.2 Å². The Hall–Kier alpha value is -1.00. The molecule has 43 heavy (non-hydrogen) atoms. The van der Waals surface area contributed by atoms with E-state index in [2.05, 4.69) is 11.4 Å². The van der Waals surface area contributed by atoms with Crippen LogP contribution < -0.4 is 0 Å². The molecule has 0 amide bonds. The highest BCUT2D eigenvalue weighted by Crippen LogP contribution is 2.48. The quantitative estimate of drug-likeness (QED) is 0.0492. The number of aliphatic hydroxyl groups is 4. The van der Waals surface area contributed by atoms with Crippen molar-refractivity contribution in [1.29, 1.82) is 0 Å². The molecule has 0 radical (unpaired) electrons. The number of phosphoric ester groups is 2. The smallest absolute Gasteiger partial charge is 0.462 e. The second-order valence-electron chi connectivity index (χ2n) is 10.5. The number of aliphatic hydroxyl groups excluding tert-OH is 4. The lowest BCUT2D eigenvalue weighted by Crippen LogP contribution is -2.64. The maximum atomic E-state index is 12.7. The van der Waals surface area contributed by atoms with Gasteiger partial charge >= 0.3 is 27.6 Å².